The van der Waals surface area contributed by atoms with Gasteiger partial charge >= 0.3 is 0 Å². The van der Waals surface area contributed by atoms with Crippen LogP contribution in [0.25, 0.3) is 0 Å². The zero-order valence-electron chi connectivity index (χ0n) is 16.3. The van der Waals surface area contributed by atoms with Crippen molar-refractivity contribution in [3.8, 4) is 0 Å². The number of benzene rings is 2. The van der Waals surface area contributed by atoms with Crippen LogP contribution in [0.3, 0.4) is 0 Å². The van der Waals surface area contributed by atoms with Crippen molar-refractivity contribution in [3.63, 3.8) is 0 Å². The Morgan fingerprint density at radius 3 is 2.56 bits per heavy atom. The van der Waals surface area contributed by atoms with Gasteiger partial charge in [0.2, 0.25) is 5.91 Å². The molecule has 1 unspecified atom stereocenters. The zero-order chi connectivity index (χ0) is 18.6. The molecular weight excluding hydrogens is 332 g/mol. The van der Waals surface area contributed by atoms with E-state index in [1.54, 1.807) is 0 Å². The molecule has 1 atom stereocenters. The Hall–Kier alpha value is -2.13. The lowest BCUT2D eigenvalue weighted by Crippen LogP contribution is -2.41. The van der Waals surface area contributed by atoms with Crippen LogP contribution < -0.4 is 5.32 Å². The van der Waals surface area contributed by atoms with E-state index in [1.807, 2.05) is 0 Å². The highest BCUT2D eigenvalue weighted by Gasteiger charge is 2.28. The van der Waals surface area contributed by atoms with Gasteiger partial charge in [0.15, 0.2) is 0 Å². The number of amides is 1. The monoisotopic (exact) mass is 362 g/mol. The summed E-state index contributed by atoms with van der Waals surface area (Å²) < 4.78 is 0. The van der Waals surface area contributed by atoms with E-state index in [-0.39, 0.29) is 17.9 Å². The first-order chi connectivity index (χ1) is 13.2. The Balaban J connectivity index is 1.30. The number of carbonyl (C=O) groups excluding carboxylic acids is 1. The SMILES string of the molecule is Cc1ccc(CN2CCC(C(=O)NC3CCCc4ccccc43)CC2)cc1. The van der Waals surface area contributed by atoms with E-state index in [2.05, 4.69) is 65.7 Å². The zero-order valence-corrected chi connectivity index (χ0v) is 16.3. The summed E-state index contributed by atoms with van der Waals surface area (Å²) in [5, 5.41) is 3.36. The number of nitrogens with zero attached hydrogens (tertiary/aromatic N) is 1. The standard InChI is InChI=1S/C24H30N2O/c1-18-9-11-19(12-10-18)17-26-15-13-21(14-16-26)24(27)25-23-8-4-6-20-5-2-3-7-22(20)23/h2-3,5,7,9-12,21,23H,4,6,8,13-17H2,1H3,(H,25,27). The molecule has 2 aliphatic rings. The predicted molar refractivity (Wildman–Crippen MR) is 109 cm³/mol. The molecule has 142 valence electrons. The molecule has 0 radical (unpaired) electrons. The van der Waals surface area contributed by atoms with Gasteiger partial charge in [0, 0.05) is 12.5 Å². The molecule has 2 aromatic carbocycles. The molecule has 3 heteroatoms. The average molecular weight is 363 g/mol. The Morgan fingerprint density at radius 2 is 1.78 bits per heavy atom. The minimum absolute atomic E-state index is 0.161. The summed E-state index contributed by atoms with van der Waals surface area (Å²) >= 11 is 0. The molecule has 1 saturated heterocycles. The highest BCUT2D eigenvalue weighted by molar-refractivity contribution is 5.79. The number of carbonyl (C=O) groups is 1. The summed E-state index contributed by atoms with van der Waals surface area (Å²) in [4.78, 5) is 15.3. The van der Waals surface area contributed by atoms with Crippen molar-refractivity contribution in [1.82, 2.24) is 10.2 Å². The molecule has 1 aliphatic heterocycles. The van der Waals surface area contributed by atoms with Crippen LogP contribution in [0, 0.1) is 12.8 Å². The van der Waals surface area contributed by atoms with E-state index in [4.69, 9.17) is 0 Å². The summed E-state index contributed by atoms with van der Waals surface area (Å²) in [7, 11) is 0. The third kappa shape index (κ3) is 4.41. The van der Waals surface area contributed by atoms with Crippen molar-refractivity contribution in [3.05, 3.63) is 70.8 Å². The summed E-state index contributed by atoms with van der Waals surface area (Å²) in [5.41, 5.74) is 5.40. The number of piperidine rings is 1. The van der Waals surface area contributed by atoms with Crippen molar-refractivity contribution in [2.24, 2.45) is 5.92 Å². The van der Waals surface area contributed by atoms with E-state index >= 15 is 0 Å². The van der Waals surface area contributed by atoms with Gasteiger partial charge in [0.1, 0.15) is 0 Å². The second-order valence-electron chi connectivity index (χ2n) is 8.19. The summed E-state index contributed by atoms with van der Waals surface area (Å²) in [6.07, 6.45) is 5.30. The summed E-state index contributed by atoms with van der Waals surface area (Å²) in [5.74, 6) is 0.417. The van der Waals surface area contributed by atoms with Gasteiger partial charge in [-0.15, -0.1) is 0 Å². The van der Waals surface area contributed by atoms with Crippen LogP contribution in [-0.2, 0) is 17.8 Å². The molecule has 2 aromatic rings. The van der Waals surface area contributed by atoms with Crippen LogP contribution in [0.5, 0.6) is 0 Å². The molecular formula is C24H30N2O. The van der Waals surface area contributed by atoms with E-state index in [1.165, 1.54) is 22.3 Å². The normalized spacial score (nSPS) is 20.9. The van der Waals surface area contributed by atoms with Gasteiger partial charge in [-0.25, -0.2) is 0 Å². The molecule has 0 saturated carbocycles. The molecule has 4 rings (SSSR count). The number of hydrogen-bond acceptors (Lipinski definition) is 2. The Labute approximate surface area is 162 Å². The fraction of sp³-hybridized carbons (Fsp3) is 0.458. The van der Waals surface area contributed by atoms with Crippen LogP contribution in [0.4, 0.5) is 0 Å². The number of fused-ring (bicyclic) bond motifs is 1. The van der Waals surface area contributed by atoms with Crippen molar-refractivity contribution in [1.29, 1.82) is 0 Å². The fourth-order valence-corrected chi connectivity index (χ4v) is 4.50. The number of aryl methyl sites for hydroxylation is 2. The number of rotatable bonds is 4. The van der Waals surface area contributed by atoms with Gasteiger partial charge in [-0.1, -0.05) is 54.1 Å². The van der Waals surface area contributed by atoms with Gasteiger partial charge in [0.25, 0.3) is 0 Å². The van der Waals surface area contributed by atoms with Gasteiger partial charge < -0.3 is 5.32 Å². The summed E-state index contributed by atoms with van der Waals surface area (Å²) in [6.45, 7) is 5.13. The second-order valence-corrected chi connectivity index (χ2v) is 8.19. The predicted octanol–water partition coefficient (Wildman–Crippen LogP) is 4.40. The van der Waals surface area contributed by atoms with Crippen LogP contribution in [0.15, 0.2) is 48.5 Å². The Morgan fingerprint density at radius 1 is 1.04 bits per heavy atom. The topological polar surface area (TPSA) is 32.3 Å². The molecule has 0 aromatic heterocycles. The molecule has 1 fully saturated rings. The maximum absolute atomic E-state index is 12.8. The van der Waals surface area contributed by atoms with Crippen molar-refractivity contribution < 1.29 is 4.79 Å². The van der Waals surface area contributed by atoms with E-state index in [9.17, 15) is 4.79 Å². The van der Waals surface area contributed by atoms with Crippen LogP contribution in [0.1, 0.15) is 54.0 Å². The minimum Gasteiger partial charge on any atom is -0.349 e. The summed E-state index contributed by atoms with van der Waals surface area (Å²) in [6, 6.07) is 17.6. The Kier molecular flexibility index (Phi) is 5.58. The van der Waals surface area contributed by atoms with E-state index in [0.29, 0.717) is 0 Å². The molecule has 1 aliphatic carbocycles. The lowest BCUT2D eigenvalue weighted by Gasteiger charge is -2.33. The third-order valence-corrected chi connectivity index (χ3v) is 6.17. The number of nitrogens with one attached hydrogen (secondary N) is 1. The second kappa shape index (κ2) is 8.26. The van der Waals surface area contributed by atoms with E-state index < -0.39 is 0 Å². The Bertz CT molecular complexity index is 775. The smallest absolute Gasteiger partial charge is 0.223 e. The van der Waals surface area contributed by atoms with Crippen molar-refractivity contribution in [2.75, 3.05) is 13.1 Å². The van der Waals surface area contributed by atoms with Crippen molar-refractivity contribution in [2.45, 2.75) is 51.6 Å². The van der Waals surface area contributed by atoms with E-state index in [0.717, 1.165) is 51.7 Å². The third-order valence-electron chi connectivity index (χ3n) is 6.17. The maximum Gasteiger partial charge on any atom is 0.223 e. The van der Waals surface area contributed by atoms with Crippen molar-refractivity contribution >= 4 is 5.91 Å². The quantitative estimate of drug-likeness (QED) is 0.874. The highest BCUT2D eigenvalue weighted by atomic mass is 16.1. The van der Waals surface area contributed by atoms with Gasteiger partial charge in [-0.3, -0.25) is 9.69 Å². The molecule has 1 amide bonds. The first-order valence-corrected chi connectivity index (χ1v) is 10.3. The molecule has 3 nitrogen and oxygen atoms in total. The molecule has 27 heavy (non-hydrogen) atoms. The van der Waals surface area contributed by atoms with Gasteiger partial charge in [0.05, 0.1) is 6.04 Å². The van der Waals surface area contributed by atoms with Crippen LogP contribution in [0.2, 0.25) is 0 Å². The molecule has 0 bridgehead atoms. The molecule has 0 spiro atoms. The van der Waals surface area contributed by atoms with Crippen LogP contribution in [-0.4, -0.2) is 23.9 Å². The molecule has 1 N–H and O–H groups in total. The first-order valence-electron chi connectivity index (χ1n) is 10.3. The number of likely N-dealkylation sites (tertiary alicyclic amines) is 1. The number of hydrogen-bond donors (Lipinski definition) is 1. The fourth-order valence-electron chi connectivity index (χ4n) is 4.50. The van der Waals surface area contributed by atoms with Gasteiger partial charge in [-0.2, -0.15) is 0 Å². The lowest BCUT2D eigenvalue weighted by molar-refractivity contribution is -0.127. The first kappa shape index (κ1) is 18.2. The highest BCUT2D eigenvalue weighted by Crippen LogP contribution is 2.30. The average Bonchev–Trinajstić information content (AvgIpc) is 2.70. The lowest BCUT2D eigenvalue weighted by atomic mass is 9.87. The van der Waals surface area contributed by atoms with Gasteiger partial charge in [-0.05, 0) is 68.8 Å². The molecule has 1 heterocycles. The minimum atomic E-state index is 0.161. The van der Waals surface area contributed by atoms with Crippen LogP contribution >= 0.6 is 0 Å². The maximum atomic E-state index is 12.8. The largest absolute Gasteiger partial charge is 0.349 e.